The van der Waals surface area contributed by atoms with Gasteiger partial charge in [0, 0.05) is 31.4 Å². The normalized spacial score (nSPS) is 14.4. The molecular weight excluding hydrogens is 254 g/mol. The van der Waals surface area contributed by atoms with Gasteiger partial charge in [-0.2, -0.15) is 0 Å². The molecule has 0 aromatic heterocycles. The zero-order chi connectivity index (χ0) is 11.3. The molecule has 0 bridgehead atoms. The number of carbonyl (C=O) groups is 1. The number of hydrogen-bond acceptors (Lipinski definition) is 4. The Hall–Kier alpha value is -1.08. The molecule has 2 amide bonds. The molecule has 6 nitrogen and oxygen atoms in total. The van der Waals surface area contributed by atoms with Gasteiger partial charge in [0.05, 0.1) is 12.3 Å². The molecule has 0 saturated carbocycles. The fourth-order valence-electron chi connectivity index (χ4n) is 0.971. The molecule has 1 N–H and O–H groups in total. The van der Waals surface area contributed by atoms with Crippen molar-refractivity contribution in [1.82, 2.24) is 10.2 Å². The van der Waals surface area contributed by atoms with Crippen molar-refractivity contribution < 1.29 is 13.2 Å². The third kappa shape index (κ3) is 5.72. The number of sulfone groups is 1. The van der Waals surface area contributed by atoms with Crippen molar-refractivity contribution in [1.29, 1.82) is 0 Å². The minimum absolute atomic E-state index is 0. The van der Waals surface area contributed by atoms with Gasteiger partial charge in [0.1, 0.15) is 9.84 Å². The minimum atomic E-state index is -3.03. The summed E-state index contributed by atoms with van der Waals surface area (Å²) in [5.41, 5.74) is 0. The summed E-state index contributed by atoms with van der Waals surface area (Å²) < 4.78 is 21.6. The summed E-state index contributed by atoms with van der Waals surface area (Å²) in [6.07, 6.45) is 5.76. The standard InChI is InChI=1S/C8H13N3O3S.ClH/c1-15(13,14)7-4-10-8(12)11-5-2-9-3-6-11;/h2-3,5H,4,6-7H2,1H3,(H,10,12);1H. The number of carbonyl (C=O) groups excluding carboxylic acids is 1. The molecular formula is C8H14ClN3O3S. The van der Waals surface area contributed by atoms with Gasteiger partial charge in [0.25, 0.3) is 0 Å². The van der Waals surface area contributed by atoms with Gasteiger partial charge < -0.3 is 5.32 Å². The topological polar surface area (TPSA) is 78.8 Å². The Kier molecular flexibility index (Phi) is 6.05. The molecule has 92 valence electrons. The summed E-state index contributed by atoms with van der Waals surface area (Å²) in [7, 11) is -3.03. The first-order valence-corrected chi connectivity index (χ1v) is 6.45. The maximum atomic E-state index is 11.4. The summed E-state index contributed by atoms with van der Waals surface area (Å²) in [4.78, 5) is 16.6. The molecule has 0 aromatic rings. The predicted octanol–water partition coefficient (Wildman–Crippen LogP) is 0.0200. The van der Waals surface area contributed by atoms with Crippen LogP contribution in [0.1, 0.15) is 0 Å². The molecule has 0 saturated heterocycles. The molecule has 8 heteroatoms. The Morgan fingerprint density at radius 2 is 2.25 bits per heavy atom. The van der Waals surface area contributed by atoms with Crippen molar-refractivity contribution in [2.75, 3.05) is 25.1 Å². The summed E-state index contributed by atoms with van der Waals surface area (Å²) in [6, 6.07) is -0.318. The molecule has 0 fully saturated rings. The summed E-state index contributed by atoms with van der Waals surface area (Å²) >= 11 is 0. The van der Waals surface area contributed by atoms with Crippen LogP contribution in [0.5, 0.6) is 0 Å². The fraction of sp³-hybridized carbons (Fsp3) is 0.500. The van der Waals surface area contributed by atoms with Crippen LogP contribution in [0.25, 0.3) is 0 Å². The number of nitrogens with one attached hydrogen (secondary N) is 1. The van der Waals surface area contributed by atoms with Gasteiger partial charge in [-0.25, -0.2) is 13.2 Å². The second-order valence-electron chi connectivity index (χ2n) is 3.14. The van der Waals surface area contributed by atoms with Gasteiger partial charge in [-0.1, -0.05) is 0 Å². The Labute approximate surface area is 101 Å². The van der Waals surface area contributed by atoms with Crippen LogP contribution in [0.3, 0.4) is 0 Å². The largest absolute Gasteiger partial charge is 0.337 e. The van der Waals surface area contributed by atoms with Gasteiger partial charge in [0.15, 0.2) is 0 Å². The summed E-state index contributed by atoms with van der Waals surface area (Å²) in [5, 5.41) is 2.50. The highest BCUT2D eigenvalue weighted by Crippen LogP contribution is 1.95. The fourth-order valence-corrected chi connectivity index (χ4v) is 1.44. The number of amides is 2. The van der Waals surface area contributed by atoms with E-state index in [1.807, 2.05) is 0 Å². The second-order valence-corrected chi connectivity index (χ2v) is 5.40. The molecule has 1 rings (SSSR count). The van der Waals surface area contributed by atoms with Crippen molar-refractivity contribution in [3.63, 3.8) is 0 Å². The highest BCUT2D eigenvalue weighted by molar-refractivity contribution is 7.90. The zero-order valence-electron chi connectivity index (χ0n) is 8.79. The van der Waals surface area contributed by atoms with E-state index in [9.17, 15) is 13.2 Å². The van der Waals surface area contributed by atoms with Crippen LogP contribution < -0.4 is 5.32 Å². The van der Waals surface area contributed by atoms with Crippen molar-refractivity contribution in [2.24, 2.45) is 4.99 Å². The Morgan fingerprint density at radius 1 is 1.56 bits per heavy atom. The van der Waals surface area contributed by atoms with Gasteiger partial charge in [0.2, 0.25) is 0 Å². The lowest BCUT2D eigenvalue weighted by molar-refractivity contribution is 0.220. The average Bonchev–Trinajstić information content (AvgIpc) is 2.17. The highest BCUT2D eigenvalue weighted by Gasteiger charge is 2.11. The molecule has 1 aliphatic heterocycles. The van der Waals surface area contributed by atoms with Crippen molar-refractivity contribution in [3.8, 4) is 0 Å². The maximum absolute atomic E-state index is 11.4. The number of halogens is 1. The third-order valence-electron chi connectivity index (χ3n) is 1.73. The van der Waals surface area contributed by atoms with Crippen LogP contribution in [-0.2, 0) is 9.84 Å². The van der Waals surface area contributed by atoms with Gasteiger partial charge in [-0.05, 0) is 0 Å². The average molecular weight is 268 g/mol. The molecule has 0 aromatic carbocycles. The first kappa shape index (κ1) is 14.9. The van der Waals surface area contributed by atoms with Crippen LogP contribution in [0.2, 0.25) is 0 Å². The molecule has 0 radical (unpaired) electrons. The van der Waals surface area contributed by atoms with E-state index in [2.05, 4.69) is 10.3 Å². The Morgan fingerprint density at radius 3 is 2.75 bits per heavy atom. The molecule has 1 heterocycles. The summed E-state index contributed by atoms with van der Waals surface area (Å²) in [5.74, 6) is -0.0512. The van der Waals surface area contributed by atoms with E-state index in [0.717, 1.165) is 6.26 Å². The van der Waals surface area contributed by atoms with Crippen LogP contribution in [0, 0.1) is 0 Å². The summed E-state index contributed by atoms with van der Waals surface area (Å²) in [6.45, 7) is 0.528. The lowest BCUT2D eigenvalue weighted by atomic mass is 10.5. The Bertz CT molecular complexity index is 391. The zero-order valence-corrected chi connectivity index (χ0v) is 10.4. The number of nitrogens with zero attached hydrogens (tertiary/aromatic N) is 2. The molecule has 0 atom stereocenters. The van der Waals surface area contributed by atoms with E-state index in [1.54, 1.807) is 6.21 Å². The van der Waals surface area contributed by atoms with E-state index >= 15 is 0 Å². The lowest BCUT2D eigenvalue weighted by Gasteiger charge is -2.18. The molecule has 16 heavy (non-hydrogen) atoms. The van der Waals surface area contributed by atoms with Crippen molar-refractivity contribution in [2.45, 2.75) is 0 Å². The van der Waals surface area contributed by atoms with Crippen molar-refractivity contribution in [3.05, 3.63) is 12.4 Å². The quantitative estimate of drug-likeness (QED) is 0.783. The first-order chi connectivity index (χ1) is 6.99. The van der Waals surface area contributed by atoms with Crippen molar-refractivity contribution >= 4 is 34.5 Å². The van der Waals surface area contributed by atoms with E-state index < -0.39 is 9.84 Å². The number of urea groups is 1. The van der Waals surface area contributed by atoms with E-state index in [0.29, 0.717) is 6.54 Å². The minimum Gasteiger partial charge on any atom is -0.337 e. The molecule has 0 spiro atoms. The lowest BCUT2D eigenvalue weighted by Crippen LogP contribution is -2.40. The SMILES string of the molecule is CS(=O)(=O)CCNC(=O)N1C=CN=CC1.Cl. The number of rotatable bonds is 3. The maximum Gasteiger partial charge on any atom is 0.321 e. The van der Waals surface area contributed by atoms with E-state index in [-0.39, 0.29) is 30.7 Å². The number of hydrogen-bond donors (Lipinski definition) is 1. The van der Waals surface area contributed by atoms with Gasteiger partial charge in [-0.15, -0.1) is 12.4 Å². The second kappa shape index (κ2) is 6.49. The monoisotopic (exact) mass is 267 g/mol. The third-order valence-corrected chi connectivity index (χ3v) is 2.67. The first-order valence-electron chi connectivity index (χ1n) is 4.39. The van der Waals surface area contributed by atoms with Crippen LogP contribution in [-0.4, -0.2) is 50.7 Å². The number of aliphatic imine (C=N–C) groups is 1. The van der Waals surface area contributed by atoms with E-state index in [4.69, 9.17) is 0 Å². The van der Waals surface area contributed by atoms with Crippen LogP contribution in [0.4, 0.5) is 4.79 Å². The Balaban J connectivity index is 0.00000225. The van der Waals surface area contributed by atoms with Crippen LogP contribution >= 0.6 is 12.4 Å². The smallest absolute Gasteiger partial charge is 0.321 e. The van der Waals surface area contributed by atoms with Gasteiger partial charge >= 0.3 is 6.03 Å². The highest BCUT2D eigenvalue weighted by atomic mass is 35.5. The predicted molar refractivity (Wildman–Crippen MR) is 64.7 cm³/mol. The van der Waals surface area contributed by atoms with E-state index in [1.165, 1.54) is 17.3 Å². The molecule has 1 aliphatic rings. The molecule has 0 aliphatic carbocycles. The van der Waals surface area contributed by atoms with Crippen LogP contribution in [0.15, 0.2) is 17.4 Å². The van der Waals surface area contributed by atoms with Gasteiger partial charge in [-0.3, -0.25) is 9.89 Å². The molecule has 0 unspecified atom stereocenters.